The predicted molar refractivity (Wildman–Crippen MR) is 125 cm³/mol. The lowest BCUT2D eigenvalue weighted by Crippen LogP contribution is -2.36. The van der Waals surface area contributed by atoms with Gasteiger partial charge in [-0.3, -0.25) is 0 Å². The molecule has 0 saturated heterocycles. The molecule has 0 heterocycles. The van der Waals surface area contributed by atoms with Gasteiger partial charge in [0.1, 0.15) is 0 Å². The van der Waals surface area contributed by atoms with Crippen LogP contribution >= 0.6 is 7.92 Å². The maximum Gasteiger partial charge on any atom is 0.0975 e. The Morgan fingerprint density at radius 3 is 1.75 bits per heavy atom. The van der Waals surface area contributed by atoms with Crippen molar-refractivity contribution in [3.05, 3.63) is 90.5 Å². The molecule has 4 heteroatoms. The van der Waals surface area contributed by atoms with Gasteiger partial charge in [-0.05, 0) is 57.1 Å². The van der Waals surface area contributed by atoms with Crippen LogP contribution in [0.1, 0.15) is 39.3 Å². The Balaban J connectivity index is 2.06. The monoisotopic (exact) mass is 409 g/mol. The Morgan fingerprint density at radius 2 is 1.25 bits per heavy atom. The number of nitrogens with one attached hydrogen (secondary N) is 1. The maximum atomic E-state index is 12.7. The van der Waals surface area contributed by atoms with E-state index in [1.807, 2.05) is 20.8 Å². The van der Waals surface area contributed by atoms with E-state index >= 15 is 0 Å². The molecule has 0 aromatic heterocycles. The largest absolute Gasteiger partial charge is 0.242 e. The summed E-state index contributed by atoms with van der Waals surface area (Å²) in [6, 6.07) is 29.9. The van der Waals surface area contributed by atoms with Crippen LogP contribution in [-0.4, -0.2) is 8.96 Å². The van der Waals surface area contributed by atoms with Gasteiger partial charge in [0, 0.05) is 6.04 Å². The van der Waals surface area contributed by atoms with E-state index in [1.165, 1.54) is 21.5 Å². The fraction of sp³-hybridized carbons (Fsp3) is 0.250. The quantitative estimate of drug-likeness (QED) is 0.594. The van der Waals surface area contributed by atoms with Crippen LogP contribution in [0.5, 0.6) is 0 Å². The van der Waals surface area contributed by atoms with Gasteiger partial charge in [-0.2, -0.15) is 0 Å². The highest BCUT2D eigenvalue weighted by atomic mass is 32.2. The first-order chi connectivity index (χ1) is 13.4. The van der Waals surface area contributed by atoms with Crippen molar-refractivity contribution in [2.45, 2.75) is 38.5 Å². The van der Waals surface area contributed by atoms with Crippen LogP contribution in [-0.2, 0) is 11.0 Å². The lowest BCUT2D eigenvalue weighted by atomic mass is 10.1. The molecule has 0 aliphatic heterocycles. The van der Waals surface area contributed by atoms with Crippen LogP contribution in [0.2, 0.25) is 0 Å². The summed E-state index contributed by atoms with van der Waals surface area (Å²) in [5.74, 6) is 0. The smallest absolute Gasteiger partial charge is 0.0975 e. The molecule has 3 aromatic rings. The van der Waals surface area contributed by atoms with E-state index in [0.29, 0.717) is 0 Å². The van der Waals surface area contributed by atoms with Crippen LogP contribution in [0.25, 0.3) is 0 Å². The normalized spacial score (nSPS) is 14.0. The van der Waals surface area contributed by atoms with Crippen molar-refractivity contribution >= 4 is 34.8 Å². The van der Waals surface area contributed by atoms with Crippen LogP contribution < -0.4 is 20.6 Å². The second kappa shape index (κ2) is 9.13. The summed E-state index contributed by atoms with van der Waals surface area (Å²) in [7, 11) is -1.81. The number of rotatable bonds is 6. The van der Waals surface area contributed by atoms with Crippen LogP contribution in [0, 0.1) is 0 Å². The molecule has 3 rings (SSSR count). The standard InChI is InChI=1S/C24H28NOPS/c1-19(25-28(26)24(2,3)4)22-17-11-12-18-23(22)27(20-13-7-5-8-14-20)21-15-9-6-10-16-21/h5-19,25H,1-4H3/t19?,28-/m1/s1. The molecule has 0 bridgehead atoms. The number of hydrogen-bond acceptors (Lipinski definition) is 1. The predicted octanol–water partition coefficient (Wildman–Crippen LogP) is 4.56. The molecule has 0 aliphatic rings. The molecule has 1 unspecified atom stereocenters. The van der Waals surface area contributed by atoms with Crippen LogP contribution in [0.3, 0.4) is 0 Å². The van der Waals surface area contributed by atoms with Crippen LogP contribution in [0.15, 0.2) is 84.9 Å². The Morgan fingerprint density at radius 1 is 0.786 bits per heavy atom. The maximum absolute atomic E-state index is 12.7. The molecular weight excluding hydrogens is 381 g/mol. The van der Waals surface area contributed by atoms with Gasteiger partial charge in [-0.25, -0.2) is 8.93 Å². The lowest BCUT2D eigenvalue weighted by Gasteiger charge is -2.27. The topological polar surface area (TPSA) is 29.1 Å². The van der Waals surface area contributed by atoms with Crippen molar-refractivity contribution < 1.29 is 4.21 Å². The van der Waals surface area contributed by atoms with Gasteiger partial charge in [0.25, 0.3) is 0 Å². The third kappa shape index (κ3) is 4.97. The summed E-state index contributed by atoms with van der Waals surface area (Å²) in [6.07, 6.45) is 0. The van der Waals surface area contributed by atoms with Gasteiger partial charge in [-0.1, -0.05) is 84.9 Å². The van der Waals surface area contributed by atoms with E-state index in [4.69, 9.17) is 0 Å². The average molecular weight is 410 g/mol. The summed E-state index contributed by atoms with van der Waals surface area (Å²) < 4.78 is 15.7. The van der Waals surface area contributed by atoms with Crippen molar-refractivity contribution in [2.75, 3.05) is 0 Å². The first kappa shape index (κ1) is 20.9. The third-order valence-corrected chi connectivity index (χ3v) is 8.71. The summed E-state index contributed by atoms with van der Waals surface area (Å²) in [5.41, 5.74) is 1.21. The highest BCUT2D eigenvalue weighted by Crippen LogP contribution is 2.35. The minimum atomic E-state index is -1.12. The van der Waals surface area contributed by atoms with Gasteiger partial charge >= 0.3 is 0 Å². The average Bonchev–Trinajstić information content (AvgIpc) is 2.69. The first-order valence-electron chi connectivity index (χ1n) is 9.55. The molecule has 2 atom stereocenters. The summed E-state index contributed by atoms with van der Waals surface area (Å²) >= 11 is 0. The second-order valence-electron chi connectivity index (χ2n) is 7.79. The zero-order valence-electron chi connectivity index (χ0n) is 16.9. The minimum Gasteiger partial charge on any atom is -0.242 e. The second-order valence-corrected chi connectivity index (χ2v) is 12.0. The van der Waals surface area contributed by atoms with Crippen molar-refractivity contribution in [3.8, 4) is 0 Å². The van der Waals surface area contributed by atoms with Gasteiger partial charge in [0.15, 0.2) is 0 Å². The van der Waals surface area contributed by atoms with Crippen molar-refractivity contribution in [3.63, 3.8) is 0 Å². The molecule has 0 fully saturated rings. The molecule has 0 saturated carbocycles. The van der Waals surface area contributed by atoms with Crippen LogP contribution in [0.4, 0.5) is 0 Å². The Kier molecular flexibility index (Phi) is 6.82. The Labute approximate surface area is 172 Å². The fourth-order valence-electron chi connectivity index (χ4n) is 3.04. The van der Waals surface area contributed by atoms with Crippen molar-refractivity contribution in [2.24, 2.45) is 0 Å². The highest BCUT2D eigenvalue weighted by Gasteiger charge is 2.25. The minimum absolute atomic E-state index is 0.00585. The van der Waals surface area contributed by atoms with E-state index in [1.54, 1.807) is 0 Å². The number of benzene rings is 3. The van der Waals surface area contributed by atoms with E-state index in [2.05, 4.69) is 96.6 Å². The molecule has 2 nitrogen and oxygen atoms in total. The summed E-state index contributed by atoms with van der Waals surface area (Å²) in [4.78, 5) is 0. The molecule has 0 spiro atoms. The SMILES string of the molecule is CC(N[S@](=O)C(C)(C)C)c1ccccc1P(c1ccccc1)c1ccccc1. The van der Waals surface area contributed by atoms with Gasteiger partial charge in [0.05, 0.1) is 15.7 Å². The van der Waals surface area contributed by atoms with Crippen molar-refractivity contribution in [1.29, 1.82) is 0 Å². The van der Waals surface area contributed by atoms with E-state index in [9.17, 15) is 4.21 Å². The third-order valence-electron chi connectivity index (χ3n) is 4.51. The molecule has 0 radical (unpaired) electrons. The van der Waals surface area contributed by atoms with Gasteiger partial charge in [-0.15, -0.1) is 0 Å². The highest BCUT2D eigenvalue weighted by molar-refractivity contribution is 7.84. The number of hydrogen-bond donors (Lipinski definition) is 1. The summed E-state index contributed by atoms with van der Waals surface area (Å²) in [6.45, 7) is 8.09. The van der Waals surface area contributed by atoms with E-state index in [0.717, 1.165) is 0 Å². The Bertz CT molecular complexity index is 883. The lowest BCUT2D eigenvalue weighted by molar-refractivity contribution is 0.617. The molecule has 1 N–H and O–H groups in total. The van der Waals surface area contributed by atoms with Gasteiger partial charge < -0.3 is 0 Å². The molecule has 0 aliphatic carbocycles. The Hall–Kier alpha value is -1.80. The molecule has 3 aromatic carbocycles. The molecular formula is C24H28NOPS. The molecule has 0 amide bonds. The fourth-order valence-corrected chi connectivity index (χ4v) is 6.40. The van der Waals surface area contributed by atoms with Gasteiger partial charge in [0.2, 0.25) is 0 Å². The molecule has 146 valence electrons. The zero-order chi connectivity index (χ0) is 20.1. The molecule has 28 heavy (non-hydrogen) atoms. The van der Waals surface area contributed by atoms with Crippen molar-refractivity contribution in [1.82, 2.24) is 4.72 Å². The summed E-state index contributed by atoms with van der Waals surface area (Å²) in [5, 5.41) is 3.95. The zero-order valence-corrected chi connectivity index (χ0v) is 18.6. The van der Waals surface area contributed by atoms with E-state index in [-0.39, 0.29) is 10.8 Å². The first-order valence-corrected chi connectivity index (χ1v) is 12.0. The van der Waals surface area contributed by atoms with E-state index < -0.39 is 18.9 Å².